The Bertz CT molecular complexity index is 999. The largest absolute Gasteiger partial charge is 0.315 e. The van der Waals surface area contributed by atoms with Crippen molar-refractivity contribution in [3.8, 4) is 16.8 Å². The van der Waals surface area contributed by atoms with Crippen molar-refractivity contribution in [2.24, 2.45) is 0 Å². The van der Waals surface area contributed by atoms with E-state index in [0.717, 1.165) is 5.69 Å². The second kappa shape index (κ2) is 5.36. The third kappa shape index (κ3) is 2.30. The molecule has 0 amide bonds. The Morgan fingerprint density at radius 1 is 0.826 bits per heavy atom. The first-order valence-electron chi connectivity index (χ1n) is 7.67. The van der Waals surface area contributed by atoms with Crippen molar-refractivity contribution in [3.05, 3.63) is 78.5 Å². The molecule has 0 atom stereocenters. The number of nitrogens with zero attached hydrogens (tertiary/aromatic N) is 3. The van der Waals surface area contributed by atoms with E-state index in [4.69, 9.17) is 0 Å². The normalized spacial score (nSPS) is 11.0. The summed E-state index contributed by atoms with van der Waals surface area (Å²) in [6.07, 6.45) is 9.61. The molecule has 4 rings (SSSR count). The van der Waals surface area contributed by atoms with Crippen molar-refractivity contribution in [2.75, 3.05) is 0 Å². The maximum absolute atomic E-state index is 4.26. The Hall–Kier alpha value is -2.94. The van der Waals surface area contributed by atoms with Crippen LogP contribution in [-0.4, -0.2) is 14.5 Å². The van der Waals surface area contributed by atoms with Crippen LogP contribution in [0.3, 0.4) is 0 Å². The van der Waals surface area contributed by atoms with E-state index >= 15 is 0 Å². The second-order valence-electron chi connectivity index (χ2n) is 5.81. The minimum absolute atomic E-state index is 1.12. The van der Waals surface area contributed by atoms with Crippen molar-refractivity contribution in [3.63, 3.8) is 0 Å². The van der Waals surface area contributed by atoms with Crippen LogP contribution < -0.4 is 0 Å². The summed E-state index contributed by atoms with van der Waals surface area (Å²) in [5.74, 6) is 0. The molecule has 0 radical (unpaired) electrons. The molecule has 0 bridgehead atoms. The first kappa shape index (κ1) is 13.7. The number of rotatable bonds is 2. The molecule has 0 unspecified atom stereocenters. The molecular formula is C20H17N3. The number of hydrogen-bond acceptors (Lipinski definition) is 2. The molecular weight excluding hydrogens is 282 g/mol. The lowest BCUT2D eigenvalue weighted by atomic mass is 10.0. The number of pyridine rings is 2. The molecule has 0 aliphatic heterocycles. The smallest absolute Gasteiger partial charge is 0.0668 e. The van der Waals surface area contributed by atoms with Gasteiger partial charge in [-0.3, -0.25) is 9.97 Å². The van der Waals surface area contributed by atoms with E-state index in [9.17, 15) is 0 Å². The molecule has 0 saturated heterocycles. The summed E-state index contributed by atoms with van der Waals surface area (Å²) in [4.78, 5) is 8.51. The van der Waals surface area contributed by atoms with Crippen molar-refractivity contribution < 1.29 is 0 Å². The molecule has 3 heteroatoms. The molecule has 3 nitrogen and oxygen atoms in total. The van der Waals surface area contributed by atoms with E-state index in [-0.39, 0.29) is 0 Å². The lowest BCUT2D eigenvalue weighted by Crippen LogP contribution is -1.95. The van der Waals surface area contributed by atoms with Crippen LogP contribution >= 0.6 is 0 Å². The van der Waals surface area contributed by atoms with Gasteiger partial charge in [0.05, 0.1) is 17.4 Å². The van der Waals surface area contributed by atoms with Gasteiger partial charge in [0.15, 0.2) is 0 Å². The van der Waals surface area contributed by atoms with Gasteiger partial charge < -0.3 is 4.57 Å². The highest BCUT2D eigenvalue weighted by Gasteiger charge is 2.08. The maximum atomic E-state index is 4.26. The van der Waals surface area contributed by atoms with Gasteiger partial charge in [-0.05, 0) is 60.9 Å². The molecule has 0 spiro atoms. The molecule has 0 aliphatic carbocycles. The van der Waals surface area contributed by atoms with Crippen molar-refractivity contribution in [1.29, 1.82) is 0 Å². The van der Waals surface area contributed by atoms with Gasteiger partial charge in [-0.1, -0.05) is 6.07 Å². The van der Waals surface area contributed by atoms with Crippen LogP contribution in [0.2, 0.25) is 0 Å². The fraction of sp³-hybridized carbons (Fsp3) is 0.100. The topological polar surface area (TPSA) is 30.7 Å². The molecule has 0 aliphatic rings. The minimum atomic E-state index is 1.12. The van der Waals surface area contributed by atoms with E-state index < -0.39 is 0 Å². The highest BCUT2D eigenvalue weighted by atomic mass is 15.0. The summed E-state index contributed by atoms with van der Waals surface area (Å²) in [5.41, 5.74) is 7.13. The average molecular weight is 299 g/mol. The zero-order valence-electron chi connectivity index (χ0n) is 13.2. The first-order chi connectivity index (χ1) is 11.2. The monoisotopic (exact) mass is 299 g/mol. The summed E-state index contributed by atoms with van der Waals surface area (Å²) in [5, 5.41) is 1.22. The minimum Gasteiger partial charge on any atom is -0.315 e. The summed E-state index contributed by atoms with van der Waals surface area (Å²) in [7, 11) is 0. The van der Waals surface area contributed by atoms with Gasteiger partial charge in [0.25, 0.3) is 0 Å². The third-order valence-corrected chi connectivity index (χ3v) is 4.31. The van der Waals surface area contributed by atoms with Gasteiger partial charge in [0, 0.05) is 35.7 Å². The summed E-state index contributed by atoms with van der Waals surface area (Å²) >= 11 is 0. The Morgan fingerprint density at radius 2 is 1.61 bits per heavy atom. The van der Waals surface area contributed by atoms with Gasteiger partial charge in [0.1, 0.15) is 0 Å². The van der Waals surface area contributed by atoms with Gasteiger partial charge in [-0.2, -0.15) is 0 Å². The van der Waals surface area contributed by atoms with E-state index in [0.29, 0.717) is 0 Å². The Labute approximate surface area is 135 Å². The van der Waals surface area contributed by atoms with Gasteiger partial charge in [-0.25, -0.2) is 0 Å². The van der Waals surface area contributed by atoms with E-state index in [1.54, 1.807) is 0 Å². The van der Waals surface area contributed by atoms with E-state index in [1.165, 1.54) is 33.2 Å². The molecule has 4 aromatic rings. The molecule has 3 heterocycles. The number of aromatic nitrogens is 3. The van der Waals surface area contributed by atoms with E-state index in [1.807, 2.05) is 36.9 Å². The zero-order chi connectivity index (χ0) is 15.8. The second-order valence-corrected chi connectivity index (χ2v) is 5.81. The third-order valence-electron chi connectivity index (χ3n) is 4.31. The van der Waals surface area contributed by atoms with Crippen LogP contribution in [0.4, 0.5) is 0 Å². The van der Waals surface area contributed by atoms with Crippen LogP contribution in [0, 0.1) is 13.8 Å². The molecule has 1 aromatic carbocycles. The molecule has 3 aromatic heterocycles. The highest BCUT2D eigenvalue weighted by molar-refractivity contribution is 5.87. The van der Waals surface area contributed by atoms with Gasteiger partial charge in [0.2, 0.25) is 0 Å². The van der Waals surface area contributed by atoms with Gasteiger partial charge in [-0.15, -0.1) is 0 Å². The van der Waals surface area contributed by atoms with Crippen molar-refractivity contribution >= 4 is 10.9 Å². The maximum Gasteiger partial charge on any atom is 0.0668 e. The molecule has 0 fully saturated rings. The standard InChI is InChI=1S/C20H17N3/c1-14-5-8-21-12-18(14)16-3-4-19-17(11-16)7-10-23(19)20-13-22-9-6-15(20)2/h3-13H,1-2H3. The SMILES string of the molecule is Cc1ccncc1-c1ccc2c(ccn2-c2cnccc2C)c1. The first-order valence-corrected chi connectivity index (χ1v) is 7.67. The predicted molar refractivity (Wildman–Crippen MR) is 93.8 cm³/mol. The fourth-order valence-corrected chi connectivity index (χ4v) is 2.99. The van der Waals surface area contributed by atoms with Crippen LogP contribution in [0.25, 0.3) is 27.7 Å². The van der Waals surface area contributed by atoms with Gasteiger partial charge >= 0.3 is 0 Å². The van der Waals surface area contributed by atoms with Crippen LogP contribution in [0.1, 0.15) is 11.1 Å². The Kier molecular flexibility index (Phi) is 3.19. The Morgan fingerprint density at radius 3 is 2.39 bits per heavy atom. The number of hydrogen-bond donors (Lipinski definition) is 0. The average Bonchev–Trinajstić information content (AvgIpc) is 2.99. The van der Waals surface area contributed by atoms with Crippen molar-refractivity contribution in [1.82, 2.24) is 14.5 Å². The summed E-state index contributed by atoms with van der Waals surface area (Å²) < 4.78 is 2.19. The Balaban J connectivity index is 1.87. The molecule has 0 saturated carbocycles. The number of benzene rings is 1. The van der Waals surface area contributed by atoms with Crippen molar-refractivity contribution in [2.45, 2.75) is 13.8 Å². The highest BCUT2D eigenvalue weighted by Crippen LogP contribution is 2.28. The zero-order valence-corrected chi connectivity index (χ0v) is 13.2. The number of fused-ring (bicyclic) bond motifs is 1. The fourth-order valence-electron chi connectivity index (χ4n) is 2.99. The van der Waals surface area contributed by atoms with Crippen LogP contribution in [0.15, 0.2) is 67.4 Å². The molecule has 23 heavy (non-hydrogen) atoms. The molecule has 112 valence electrons. The molecule has 0 N–H and O–H groups in total. The summed E-state index contributed by atoms with van der Waals surface area (Å²) in [6, 6.07) is 12.8. The lowest BCUT2D eigenvalue weighted by molar-refractivity contribution is 1.07. The lowest BCUT2D eigenvalue weighted by Gasteiger charge is -2.09. The van der Waals surface area contributed by atoms with Crippen LogP contribution in [0.5, 0.6) is 0 Å². The van der Waals surface area contributed by atoms with Crippen LogP contribution in [-0.2, 0) is 0 Å². The predicted octanol–water partition coefficient (Wildman–Crippen LogP) is 4.70. The van der Waals surface area contributed by atoms with E-state index in [2.05, 4.69) is 58.8 Å². The quantitative estimate of drug-likeness (QED) is 0.537. The summed E-state index contributed by atoms with van der Waals surface area (Å²) in [6.45, 7) is 4.22. The number of aryl methyl sites for hydroxylation is 2.